The second-order valence-corrected chi connectivity index (χ2v) is 19.0. The van der Waals surface area contributed by atoms with E-state index in [4.69, 9.17) is 39.9 Å². The van der Waals surface area contributed by atoms with Crippen LogP contribution in [-0.2, 0) is 42.8 Å². The number of hydrogen-bond acceptors (Lipinski definition) is 15. The van der Waals surface area contributed by atoms with Gasteiger partial charge in [-0.3, -0.25) is 14.4 Å². The fraction of sp³-hybridized carbons (Fsp3) is 0.620. The lowest BCUT2D eigenvalue weighted by Crippen LogP contribution is -2.61. The summed E-state index contributed by atoms with van der Waals surface area (Å²) in [6.07, 6.45) is -1.47. The number of rotatable bonds is 14. The molecule has 0 bridgehead atoms. The number of benzene rings is 2. The maximum Gasteiger partial charge on any atom is 0.410 e. The first-order valence-electron chi connectivity index (χ1n) is 23.3. The molecule has 3 fully saturated rings. The molecule has 3 saturated heterocycles. The molecule has 5 rings (SSSR count). The summed E-state index contributed by atoms with van der Waals surface area (Å²) in [4.78, 5) is 74.8. The van der Waals surface area contributed by atoms with Crippen molar-refractivity contribution >= 4 is 41.0 Å². The molecule has 1 amide bonds. The number of carbonyl (C=O) groups is 5. The molecule has 5 N–H and O–H groups in total. The third kappa shape index (κ3) is 11.6. The van der Waals surface area contributed by atoms with Crippen LogP contribution in [0.15, 0.2) is 60.8 Å². The summed E-state index contributed by atoms with van der Waals surface area (Å²) in [5.41, 5.74) is 11.6. The molecule has 2 aromatic carbocycles. The van der Waals surface area contributed by atoms with Gasteiger partial charge in [0, 0.05) is 55.4 Å². The van der Waals surface area contributed by atoms with Crippen molar-refractivity contribution < 1.29 is 52.4 Å². The van der Waals surface area contributed by atoms with Gasteiger partial charge in [0.2, 0.25) is 0 Å². The number of anilines is 1. The highest BCUT2D eigenvalue weighted by atomic mass is 16.7. The molecule has 0 spiro atoms. The number of ether oxygens (including phenoxy) is 6. The van der Waals surface area contributed by atoms with Gasteiger partial charge in [0.05, 0.1) is 41.2 Å². The van der Waals surface area contributed by atoms with Gasteiger partial charge in [-0.05, 0) is 98.2 Å². The molecule has 3 aliphatic heterocycles. The van der Waals surface area contributed by atoms with Crippen LogP contribution >= 0.6 is 0 Å². The first-order valence-corrected chi connectivity index (χ1v) is 23.3. The lowest BCUT2D eigenvalue weighted by Gasteiger charge is -2.47. The first-order chi connectivity index (χ1) is 31.2. The Balaban J connectivity index is 1.45. The van der Waals surface area contributed by atoms with E-state index in [0.717, 1.165) is 5.56 Å². The minimum absolute atomic E-state index is 0.0783. The number of nitrogens with two attached hydrogens (primary N) is 2. The van der Waals surface area contributed by atoms with Gasteiger partial charge in [0.15, 0.2) is 23.8 Å². The molecule has 364 valence electrons. The van der Waals surface area contributed by atoms with Crippen molar-refractivity contribution in [2.24, 2.45) is 29.4 Å². The standard InChI is InChI=1S/C50H73N5O11/c1-12-39-50(8)43(55(48(60)66-50)24-17-16-23-53-28-37(52)35-21-18-22-36(51)26-35)31(4)40(56)29(2)27-49(7,61-11)44(32(5)41(57)33(6)45(58)63-39)65-47-42(38(54(9)10)25-30(3)62-47)64-46(59)34-19-14-13-15-20-34/h13-15,18-22,26,28-33,38-39,42-44,47,53H,12,16-17,23-25,27,51-52H2,1-11H3/b37-28-/t29-,30-,31+,32+,33-,38+,39?,42-,43?,44-,47?,49+,50-/m1/s1. The smallest absolute Gasteiger partial charge is 0.410 e. The Hall–Kier alpha value is -5.03. The van der Waals surface area contributed by atoms with E-state index in [1.807, 2.05) is 38.1 Å². The minimum atomic E-state index is -1.44. The molecule has 0 radical (unpaired) electrons. The maximum absolute atomic E-state index is 14.9. The van der Waals surface area contributed by atoms with Crippen molar-refractivity contribution in [2.75, 3.05) is 40.0 Å². The Morgan fingerprint density at radius 3 is 2.27 bits per heavy atom. The van der Waals surface area contributed by atoms with Crippen molar-refractivity contribution in [1.82, 2.24) is 15.1 Å². The number of carbonyl (C=O) groups excluding carboxylic acids is 5. The Morgan fingerprint density at radius 1 is 0.955 bits per heavy atom. The van der Waals surface area contributed by atoms with Gasteiger partial charge in [-0.1, -0.05) is 58.0 Å². The van der Waals surface area contributed by atoms with E-state index in [0.29, 0.717) is 42.8 Å². The highest BCUT2D eigenvalue weighted by Gasteiger charge is 2.60. The average molecular weight is 920 g/mol. The van der Waals surface area contributed by atoms with Gasteiger partial charge < -0.3 is 55.0 Å². The molecule has 2 aromatic rings. The predicted molar refractivity (Wildman–Crippen MR) is 249 cm³/mol. The molecule has 66 heavy (non-hydrogen) atoms. The number of ketones is 2. The molecule has 16 heteroatoms. The molecule has 0 saturated carbocycles. The summed E-state index contributed by atoms with van der Waals surface area (Å²) in [5, 5.41) is 3.23. The summed E-state index contributed by atoms with van der Waals surface area (Å²) in [7, 11) is 5.25. The predicted octanol–water partition coefficient (Wildman–Crippen LogP) is 5.96. The first kappa shape index (κ1) is 51.9. The average Bonchev–Trinajstić information content (AvgIpc) is 3.55. The number of likely N-dealkylation sites (N-methyl/N-ethyl adjacent to an activating group) is 1. The zero-order valence-electron chi connectivity index (χ0n) is 40.6. The van der Waals surface area contributed by atoms with Crippen LogP contribution < -0.4 is 16.8 Å². The molecule has 3 aliphatic rings. The zero-order chi connectivity index (χ0) is 48.7. The van der Waals surface area contributed by atoms with Gasteiger partial charge in [0.1, 0.15) is 17.8 Å². The van der Waals surface area contributed by atoms with Crippen molar-refractivity contribution in [3.63, 3.8) is 0 Å². The SMILES string of the molecule is CCC1OC(=O)[C@H](C)C(=O)[C@H](C)[C@@H](OC2O[C@H](C)C[C@H](N(C)C)[C@H]2OC(=O)c2ccccc2)[C@@](C)(OC)C[C@@H](C)C(=O)[C@H](C)C2N(CCCCN/C=C(\N)c3cccc(N)c3)C(=O)O[C@]12C. The van der Waals surface area contributed by atoms with E-state index in [1.165, 1.54) is 14.0 Å². The Labute approximate surface area is 390 Å². The normalized spacial score (nSPS) is 33.7. The summed E-state index contributed by atoms with van der Waals surface area (Å²) >= 11 is 0. The maximum atomic E-state index is 14.9. The van der Waals surface area contributed by atoms with Crippen LogP contribution in [0.5, 0.6) is 0 Å². The van der Waals surface area contributed by atoms with Crippen LogP contribution in [-0.4, -0.2) is 128 Å². The molecule has 13 atom stereocenters. The Bertz CT molecular complexity index is 2050. The van der Waals surface area contributed by atoms with Crippen LogP contribution in [0.25, 0.3) is 5.70 Å². The van der Waals surface area contributed by atoms with Crippen molar-refractivity contribution in [1.29, 1.82) is 0 Å². The van der Waals surface area contributed by atoms with E-state index in [2.05, 4.69) is 5.32 Å². The van der Waals surface area contributed by atoms with Gasteiger partial charge >= 0.3 is 18.0 Å². The highest BCUT2D eigenvalue weighted by Crippen LogP contribution is 2.43. The number of nitrogen functional groups attached to an aromatic ring is 1. The Morgan fingerprint density at radius 2 is 1.64 bits per heavy atom. The van der Waals surface area contributed by atoms with Gasteiger partial charge in [-0.15, -0.1) is 0 Å². The fourth-order valence-corrected chi connectivity index (χ4v) is 10.1. The number of esters is 2. The third-order valence-electron chi connectivity index (χ3n) is 13.8. The fourth-order valence-electron chi connectivity index (χ4n) is 10.1. The van der Waals surface area contributed by atoms with Crippen molar-refractivity contribution in [2.45, 2.75) is 141 Å². The van der Waals surface area contributed by atoms with Gasteiger partial charge in [-0.25, -0.2) is 9.59 Å². The Kier molecular flexibility index (Phi) is 17.5. The molecular weight excluding hydrogens is 847 g/mol. The summed E-state index contributed by atoms with van der Waals surface area (Å²) in [6.45, 7) is 14.7. The number of nitrogens with one attached hydrogen (secondary N) is 1. The van der Waals surface area contributed by atoms with E-state index < -0.39 is 89.3 Å². The summed E-state index contributed by atoms with van der Waals surface area (Å²) in [5.74, 6) is -5.86. The van der Waals surface area contributed by atoms with Crippen LogP contribution in [0.2, 0.25) is 0 Å². The third-order valence-corrected chi connectivity index (χ3v) is 13.8. The molecule has 0 aromatic heterocycles. The molecule has 3 heterocycles. The number of hydrogen-bond donors (Lipinski definition) is 3. The number of fused-ring (bicyclic) bond motifs is 1. The quantitative estimate of drug-likeness (QED) is 0.0656. The second kappa shape index (κ2) is 22.2. The highest BCUT2D eigenvalue weighted by molar-refractivity contribution is 6.00. The van der Waals surface area contributed by atoms with Crippen molar-refractivity contribution in [3.8, 4) is 0 Å². The van der Waals surface area contributed by atoms with E-state index in [1.54, 1.807) is 95.1 Å². The summed E-state index contributed by atoms with van der Waals surface area (Å²) < 4.78 is 38.2. The minimum Gasteiger partial charge on any atom is -0.458 e. The number of unbranched alkanes of at least 4 members (excludes halogenated alkanes) is 1. The molecule has 0 aliphatic carbocycles. The number of methoxy groups -OCH3 is 1. The molecular formula is C50H73N5O11. The lowest BCUT2D eigenvalue weighted by atomic mass is 9.73. The zero-order valence-corrected chi connectivity index (χ0v) is 40.6. The van der Waals surface area contributed by atoms with Crippen LogP contribution in [0.4, 0.5) is 10.5 Å². The van der Waals surface area contributed by atoms with E-state index in [9.17, 15) is 24.0 Å². The van der Waals surface area contributed by atoms with E-state index in [-0.39, 0.29) is 37.3 Å². The van der Waals surface area contributed by atoms with Crippen LogP contribution in [0.1, 0.15) is 103 Å². The number of nitrogens with zero attached hydrogens (tertiary/aromatic N) is 2. The topological polar surface area (TPSA) is 211 Å². The van der Waals surface area contributed by atoms with Gasteiger partial charge in [0.25, 0.3) is 0 Å². The summed E-state index contributed by atoms with van der Waals surface area (Å²) in [6, 6.07) is 14.7. The van der Waals surface area contributed by atoms with Gasteiger partial charge in [-0.2, -0.15) is 0 Å². The molecule has 16 nitrogen and oxygen atoms in total. The lowest BCUT2D eigenvalue weighted by molar-refractivity contribution is -0.294. The monoisotopic (exact) mass is 920 g/mol. The van der Waals surface area contributed by atoms with Crippen molar-refractivity contribution in [3.05, 3.63) is 71.9 Å². The van der Waals surface area contributed by atoms with Crippen LogP contribution in [0, 0.1) is 23.7 Å². The largest absolute Gasteiger partial charge is 0.458 e. The second-order valence-electron chi connectivity index (χ2n) is 19.0. The van der Waals surface area contributed by atoms with Crippen LogP contribution in [0.3, 0.4) is 0 Å². The molecule has 3 unspecified atom stereocenters. The number of amides is 1. The number of cyclic esters (lactones) is 1. The van der Waals surface area contributed by atoms with E-state index >= 15 is 0 Å². The number of Topliss-reactive ketones (excluding diaryl/α,β-unsaturated/α-hetero) is 2.